The quantitative estimate of drug-likeness (QED) is 0.831. The van der Waals surface area contributed by atoms with Crippen LogP contribution in [-0.4, -0.2) is 12.0 Å². The first-order valence-electron chi connectivity index (χ1n) is 5.81. The van der Waals surface area contributed by atoms with Crippen LogP contribution in [0.25, 0.3) is 10.9 Å². The molecule has 4 heteroatoms. The molecule has 0 fully saturated rings. The lowest BCUT2D eigenvalue weighted by Gasteiger charge is -2.22. The fourth-order valence-corrected chi connectivity index (χ4v) is 1.94. The van der Waals surface area contributed by atoms with Gasteiger partial charge in [0.2, 0.25) is 0 Å². The highest BCUT2D eigenvalue weighted by Crippen LogP contribution is 2.32. The average molecular weight is 250 g/mol. The monoisotopic (exact) mass is 250 g/mol. The van der Waals surface area contributed by atoms with Gasteiger partial charge in [-0.3, -0.25) is 0 Å². The zero-order valence-electron chi connectivity index (χ0n) is 10.9. The molecule has 0 bridgehead atoms. The Kier molecular flexibility index (Phi) is 2.97. The van der Waals surface area contributed by atoms with Crippen LogP contribution in [0.1, 0.15) is 26.3 Å². The van der Waals surface area contributed by atoms with Gasteiger partial charge in [0.15, 0.2) is 11.6 Å². The summed E-state index contributed by atoms with van der Waals surface area (Å²) >= 11 is 0. The normalized spacial score (nSPS) is 11.9. The van der Waals surface area contributed by atoms with Crippen LogP contribution in [0.15, 0.2) is 18.2 Å². The fraction of sp³-hybridized carbons (Fsp3) is 0.357. The van der Waals surface area contributed by atoms with E-state index in [1.807, 2.05) is 6.07 Å². The van der Waals surface area contributed by atoms with Crippen LogP contribution < -0.4 is 5.32 Å². The molecule has 0 spiro atoms. The molecule has 0 aliphatic rings. The van der Waals surface area contributed by atoms with E-state index < -0.39 is 11.6 Å². The third-order valence-corrected chi connectivity index (χ3v) is 2.92. The predicted molar refractivity (Wildman–Crippen MR) is 69.9 cm³/mol. The van der Waals surface area contributed by atoms with E-state index in [2.05, 4.69) is 31.1 Å². The maximum Gasteiger partial charge on any atom is 0.185 e. The van der Waals surface area contributed by atoms with Gasteiger partial charge in [-0.2, -0.15) is 0 Å². The minimum atomic E-state index is -0.899. The van der Waals surface area contributed by atoms with Gasteiger partial charge in [0.1, 0.15) is 11.3 Å². The molecule has 0 radical (unpaired) electrons. The number of anilines is 1. The van der Waals surface area contributed by atoms with E-state index in [-0.39, 0.29) is 10.9 Å². The van der Waals surface area contributed by atoms with Crippen molar-refractivity contribution in [3.8, 4) is 0 Å². The second kappa shape index (κ2) is 4.19. The summed E-state index contributed by atoms with van der Waals surface area (Å²) in [4.78, 5) is 4.19. The van der Waals surface area contributed by atoms with Crippen molar-refractivity contribution in [1.29, 1.82) is 0 Å². The number of rotatable bonds is 1. The number of aromatic nitrogens is 1. The van der Waals surface area contributed by atoms with Gasteiger partial charge in [0, 0.05) is 18.0 Å². The van der Waals surface area contributed by atoms with Crippen LogP contribution in [0.2, 0.25) is 0 Å². The molecule has 96 valence electrons. The number of benzene rings is 1. The third kappa shape index (κ3) is 2.03. The maximum absolute atomic E-state index is 13.7. The Morgan fingerprint density at radius 2 is 1.83 bits per heavy atom. The molecule has 0 aliphatic carbocycles. The smallest absolute Gasteiger partial charge is 0.185 e. The summed E-state index contributed by atoms with van der Waals surface area (Å²) in [6.45, 7) is 6.16. The van der Waals surface area contributed by atoms with E-state index in [0.29, 0.717) is 11.2 Å². The van der Waals surface area contributed by atoms with E-state index in [4.69, 9.17) is 0 Å². The SMILES string of the molecule is CNc1nc2c(F)c(F)ccc2cc1C(C)(C)C. The van der Waals surface area contributed by atoms with Crippen molar-refractivity contribution in [2.45, 2.75) is 26.2 Å². The molecule has 0 unspecified atom stereocenters. The van der Waals surface area contributed by atoms with Gasteiger partial charge in [-0.05, 0) is 23.6 Å². The van der Waals surface area contributed by atoms with Crippen molar-refractivity contribution in [3.63, 3.8) is 0 Å². The number of halogens is 2. The predicted octanol–water partition coefficient (Wildman–Crippen LogP) is 3.85. The minimum absolute atomic E-state index is 0.0624. The lowest BCUT2D eigenvalue weighted by molar-refractivity contribution is 0.515. The Balaban J connectivity index is 2.81. The second-order valence-corrected chi connectivity index (χ2v) is 5.32. The van der Waals surface area contributed by atoms with Crippen LogP contribution in [0.3, 0.4) is 0 Å². The summed E-state index contributed by atoms with van der Waals surface area (Å²) in [7, 11) is 1.72. The maximum atomic E-state index is 13.7. The van der Waals surface area contributed by atoms with Gasteiger partial charge in [-0.25, -0.2) is 13.8 Å². The molecular weight excluding hydrogens is 234 g/mol. The summed E-state index contributed by atoms with van der Waals surface area (Å²) < 4.78 is 26.9. The summed E-state index contributed by atoms with van der Waals surface area (Å²) in [5, 5.41) is 3.55. The molecule has 0 amide bonds. The number of fused-ring (bicyclic) bond motifs is 1. The molecule has 1 aromatic carbocycles. The molecule has 2 rings (SSSR count). The van der Waals surface area contributed by atoms with Gasteiger partial charge in [-0.1, -0.05) is 20.8 Å². The summed E-state index contributed by atoms with van der Waals surface area (Å²) in [5.41, 5.74) is 0.917. The largest absolute Gasteiger partial charge is 0.373 e. The highest BCUT2D eigenvalue weighted by molar-refractivity contribution is 5.82. The van der Waals surface area contributed by atoms with Crippen LogP contribution >= 0.6 is 0 Å². The summed E-state index contributed by atoms with van der Waals surface area (Å²) in [6, 6.07) is 4.54. The molecule has 0 atom stereocenters. The Bertz CT molecular complexity index is 601. The zero-order chi connectivity index (χ0) is 13.5. The molecule has 1 N–H and O–H groups in total. The van der Waals surface area contributed by atoms with Gasteiger partial charge < -0.3 is 5.32 Å². The molecule has 0 saturated heterocycles. The Morgan fingerprint density at radius 3 is 2.39 bits per heavy atom. The first-order chi connectivity index (χ1) is 8.34. The Labute approximate surface area is 105 Å². The van der Waals surface area contributed by atoms with E-state index in [0.717, 1.165) is 11.6 Å². The molecule has 2 nitrogen and oxygen atoms in total. The number of hydrogen-bond donors (Lipinski definition) is 1. The third-order valence-electron chi connectivity index (χ3n) is 2.92. The van der Waals surface area contributed by atoms with Crippen molar-refractivity contribution in [2.24, 2.45) is 0 Å². The Hall–Kier alpha value is -1.71. The fourth-order valence-electron chi connectivity index (χ4n) is 1.94. The van der Waals surface area contributed by atoms with Gasteiger partial charge in [-0.15, -0.1) is 0 Å². The van der Waals surface area contributed by atoms with Crippen molar-refractivity contribution >= 4 is 16.7 Å². The minimum Gasteiger partial charge on any atom is -0.373 e. The van der Waals surface area contributed by atoms with Crippen LogP contribution in [0, 0.1) is 11.6 Å². The van der Waals surface area contributed by atoms with Gasteiger partial charge >= 0.3 is 0 Å². The van der Waals surface area contributed by atoms with Crippen molar-refractivity contribution < 1.29 is 8.78 Å². The highest BCUT2D eigenvalue weighted by atomic mass is 19.2. The zero-order valence-corrected chi connectivity index (χ0v) is 10.9. The van der Waals surface area contributed by atoms with E-state index in [9.17, 15) is 8.78 Å². The number of nitrogens with one attached hydrogen (secondary N) is 1. The number of nitrogens with zero attached hydrogens (tertiary/aromatic N) is 1. The van der Waals surface area contributed by atoms with Crippen LogP contribution in [0.4, 0.5) is 14.6 Å². The topological polar surface area (TPSA) is 24.9 Å². The number of pyridine rings is 1. The number of hydrogen-bond acceptors (Lipinski definition) is 2. The van der Waals surface area contributed by atoms with E-state index in [1.54, 1.807) is 13.1 Å². The van der Waals surface area contributed by atoms with Gasteiger partial charge in [0.05, 0.1) is 0 Å². The molecule has 1 heterocycles. The first-order valence-corrected chi connectivity index (χ1v) is 5.81. The Morgan fingerprint density at radius 1 is 1.17 bits per heavy atom. The first kappa shape index (κ1) is 12.7. The van der Waals surface area contributed by atoms with Crippen LogP contribution in [-0.2, 0) is 5.41 Å². The molecule has 0 aliphatic heterocycles. The molecule has 0 saturated carbocycles. The highest BCUT2D eigenvalue weighted by Gasteiger charge is 2.21. The summed E-state index contributed by atoms with van der Waals surface area (Å²) in [5.74, 6) is -1.19. The molecule has 1 aromatic heterocycles. The standard InChI is InChI=1S/C14H16F2N2/c1-14(2,3)9-7-8-5-6-10(15)11(16)12(8)18-13(9)17-4/h5-7H,1-4H3,(H,17,18). The van der Waals surface area contributed by atoms with Crippen LogP contribution in [0.5, 0.6) is 0 Å². The lowest BCUT2D eigenvalue weighted by atomic mass is 9.86. The summed E-state index contributed by atoms with van der Waals surface area (Å²) in [6.07, 6.45) is 0. The average Bonchev–Trinajstić information content (AvgIpc) is 2.31. The van der Waals surface area contributed by atoms with Gasteiger partial charge in [0.25, 0.3) is 0 Å². The molecule has 2 aromatic rings. The van der Waals surface area contributed by atoms with Crippen molar-refractivity contribution in [2.75, 3.05) is 12.4 Å². The van der Waals surface area contributed by atoms with E-state index >= 15 is 0 Å². The molecular formula is C14H16F2N2. The molecule has 18 heavy (non-hydrogen) atoms. The lowest BCUT2D eigenvalue weighted by Crippen LogP contribution is -2.15. The van der Waals surface area contributed by atoms with E-state index in [1.165, 1.54) is 0 Å². The second-order valence-electron chi connectivity index (χ2n) is 5.32. The van der Waals surface area contributed by atoms with Crippen molar-refractivity contribution in [3.05, 3.63) is 35.4 Å². The van der Waals surface area contributed by atoms with Crippen molar-refractivity contribution in [1.82, 2.24) is 4.98 Å².